The molecule has 8 nitrogen and oxygen atoms in total. The van der Waals surface area contributed by atoms with E-state index in [2.05, 4.69) is 0 Å². The Bertz CT molecular complexity index is 938. The number of Topliss-reactive ketones (excluding diaryl/α,β-unsaturated/α-hetero) is 1. The molecule has 0 atom stereocenters. The van der Waals surface area contributed by atoms with Crippen molar-refractivity contribution in [2.45, 2.75) is 0 Å². The van der Waals surface area contributed by atoms with Gasteiger partial charge in [-0.05, 0) is 6.26 Å². The second kappa shape index (κ2) is 8.17. The predicted octanol–water partition coefficient (Wildman–Crippen LogP) is 3.82. The van der Waals surface area contributed by atoms with Crippen molar-refractivity contribution in [2.24, 2.45) is 0 Å². The van der Waals surface area contributed by atoms with Crippen LogP contribution in [0, 0.1) is 20.2 Å². The fraction of sp³-hybridized carbons (Fsp3) is 0.0588. The van der Waals surface area contributed by atoms with Crippen molar-refractivity contribution in [3.05, 3.63) is 90.9 Å². The zero-order valence-corrected chi connectivity index (χ0v) is 14.3. The third-order valence-corrected chi connectivity index (χ3v) is 4.11. The summed E-state index contributed by atoms with van der Waals surface area (Å²) in [5, 5.41) is 21.6. The van der Waals surface area contributed by atoms with E-state index in [9.17, 15) is 29.8 Å². The number of nitro benzene ring substituents is 2. The molecule has 0 saturated heterocycles. The van der Waals surface area contributed by atoms with Gasteiger partial charge < -0.3 is 0 Å². The Morgan fingerprint density at radius 1 is 0.923 bits per heavy atom. The van der Waals surface area contributed by atoms with Crippen LogP contribution in [0.25, 0.3) is 0 Å². The summed E-state index contributed by atoms with van der Waals surface area (Å²) >= 11 is 1.01. The Morgan fingerprint density at radius 2 is 1.42 bits per heavy atom. The van der Waals surface area contributed by atoms with Crippen LogP contribution in [0.2, 0.25) is 0 Å². The van der Waals surface area contributed by atoms with E-state index in [0.29, 0.717) is 0 Å². The largest absolute Gasteiger partial charge is 0.289 e. The topological polar surface area (TPSA) is 120 Å². The summed E-state index contributed by atoms with van der Waals surface area (Å²) in [5.74, 6) is -1.11. The quantitative estimate of drug-likeness (QED) is 0.313. The standard InChI is InChI=1S/C17H12N2O6S/c1-26-16(17(21)12-5-3-7-14(9-12)19(24)25)10-15(20)11-4-2-6-13(8-11)18(22)23/h2-10H,1H3/b16-10-. The molecule has 2 aromatic rings. The summed E-state index contributed by atoms with van der Waals surface area (Å²) in [5.41, 5.74) is -0.328. The molecule has 0 fully saturated rings. The first-order chi connectivity index (χ1) is 12.3. The Labute approximate surface area is 151 Å². The van der Waals surface area contributed by atoms with Gasteiger partial charge in [-0.15, -0.1) is 11.8 Å². The molecule has 0 aliphatic heterocycles. The van der Waals surface area contributed by atoms with Crippen molar-refractivity contribution < 1.29 is 19.4 Å². The van der Waals surface area contributed by atoms with Crippen molar-refractivity contribution in [1.82, 2.24) is 0 Å². The molecule has 26 heavy (non-hydrogen) atoms. The summed E-state index contributed by atoms with van der Waals surface area (Å²) in [7, 11) is 0. The number of hydrogen-bond donors (Lipinski definition) is 0. The molecule has 0 aliphatic rings. The Kier molecular flexibility index (Phi) is 5.97. The average Bonchev–Trinajstić information content (AvgIpc) is 2.65. The van der Waals surface area contributed by atoms with Gasteiger partial charge in [0.25, 0.3) is 11.4 Å². The lowest BCUT2D eigenvalue weighted by molar-refractivity contribution is -0.385. The third-order valence-electron chi connectivity index (χ3n) is 3.37. The number of benzene rings is 2. The number of non-ortho nitro benzene ring substituents is 2. The number of carbonyl (C=O) groups excluding carboxylic acids is 2. The molecule has 0 unspecified atom stereocenters. The first-order valence-corrected chi connectivity index (χ1v) is 8.39. The average molecular weight is 372 g/mol. The van der Waals surface area contributed by atoms with Gasteiger partial charge in [0, 0.05) is 41.5 Å². The van der Waals surface area contributed by atoms with Gasteiger partial charge in [-0.25, -0.2) is 0 Å². The number of rotatable bonds is 7. The number of ketones is 2. The van der Waals surface area contributed by atoms with Crippen LogP contribution in [-0.4, -0.2) is 27.7 Å². The fourth-order valence-corrected chi connectivity index (χ4v) is 2.62. The van der Waals surface area contributed by atoms with Crippen LogP contribution >= 0.6 is 11.8 Å². The lowest BCUT2D eigenvalue weighted by Crippen LogP contribution is -2.05. The van der Waals surface area contributed by atoms with Crippen LogP contribution in [0.15, 0.2) is 59.5 Å². The van der Waals surface area contributed by atoms with E-state index < -0.39 is 21.4 Å². The number of nitro groups is 2. The smallest absolute Gasteiger partial charge is 0.270 e. The Hall–Kier alpha value is -3.33. The molecule has 0 heterocycles. The van der Waals surface area contributed by atoms with E-state index >= 15 is 0 Å². The lowest BCUT2D eigenvalue weighted by Gasteiger charge is -2.04. The van der Waals surface area contributed by atoms with E-state index in [0.717, 1.165) is 30.0 Å². The number of nitrogens with zero attached hydrogens (tertiary/aromatic N) is 2. The second-order valence-electron chi connectivity index (χ2n) is 5.02. The molecule has 2 aromatic carbocycles. The minimum atomic E-state index is -0.621. The van der Waals surface area contributed by atoms with Crippen LogP contribution in [0.4, 0.5) is 11.4 Å². The Balaban J connectivity index is 2.34. The van der Waals surface area contributed by atoms with Gasteiger partial charge in [0.1, 0.15) is 0 Å². The molecular formula is C17H12N2O6S. The summed E-state index contributed by atoms with van der Waals surface area (Å²) in [6.45, 7) is 0. The normalized spacial score (nSPS) is 11.0. The second-order valence-corrected chi connectivity index (χ2v) is 5.87. The number of allylic oxidation sites excluding steroid dienone is 2. The highest BCUT2D eigenvalue weighted by atomic mass is 32.2. The van der Waals surface area contributed by atoms with Gasteiger partial charge in [0.15, 0.2) is 11.6 Å². The number of carbonyl (C=O) groups is 2. The lowest BCUT2D eigenvalue weighted by atomic mass is 10.1. The van der Waals surface area contributed by atoms with E-state index in [4.69, 9.17) is 0 Å². The minimum Gasteiger partial charge on any atom is -0.289 e. The molecule has 0 spiro atoms. The van der Waals surface area contributed by atoms with Crippen LogP contribution in [-0.2, 0) is 0 Å². The van der Waals surface area contributed by atoms with Crippen molar-refractivity contribution in [2.75, 3.05) is 6.26 Å². The molecule has 9 heteroatoms. The molecule has 0 N–H and O–H groups in total. The minimum absolute atomic E-state index is 0.0672. The highest BCUT2D eigenvalue weighted by Gasteiger charge is 2.17. The first-order valence-electron chi connectivity index (χ1n) is 7.17. The van der Waals surface area contributed by atoms with Gasteiger partial charge in [0.2, 0.25) is 0 Å². The summed E-state index contributed by atoms with van der Waals surface area (Å²) in [4.78, 5) is 45.3. The Morgan fingerprint density at radius 3 is 1.92 bits per heavy atom. The van der Waals surface area contributed by atoms with E-state index in [1.807, 2.05) is 0 Å². The zero-order valence-electron chi connectivity index (χ0n) is 13.4. The van der Waals surface area contributed by atoms with Gasteiger partial charge in [-0.3, -0.25) is 29.8 Å². The highest BCUT2D eigenvalue weighted by molar-refractivity contribution is 8.03. The molecule has 2 rings (SSSR count). The van der Waals surface area contributed by atoms with Crippen LogP contribution in [0.1, 0.15) is 20.7 Å². The first kappa shape index (κ1) is 19.0. The fourth-order valence-electron chi connectivity index (χ4n) is 2.10. The zero-order chi connectivity index (χ0) is 19.3. The maximum absolute atomic E-state index is 12.5. The molecule has 0 saturated carbocycles. The van der Waals surface area contributed by atoms with Crippen LogP contribution < -0.4 is 0 Å². The van der Waals surface area contributed by atoms with E-state index in [1.54, 1.807) is 6.26 Å². The van der Waals surface area contributed by atoms with Gasteiger partial charge in [-0.2, -0.15) is 0 Å². The molecule has 0 bridgehead atoms. The van der Waals surface area contributed by atoms with Crippen LogP contribution in [0.5, 0.6) is 0 Å². The summed E-state index contributed by atoms with van der Waals surface area (Å²) in [6.07, 6.45) is 2.66. The molecule has 132 valence electrons. The summed E-state index contributed by atoms with van der Waals surface area (Å²) < 4.78 is 0. The van der Waals surface area contributed by atoms with Gasteiger partial charge >= 0.3 is 0 Å². The van der Waals surface area contributed by atoms with Gasteiger partial charge in [0.05, 0.1) is 14.8 Å². The van der Waals surface area contributed by atoms with Crippen molar-refractivity contribution in [1.29, 1.82) is 0 Å². The van der Waals surface area contributed by atoms with Crippen LogP contribution in [0.3, 0.4) is 0 Å². The maximum atomic E-state index is 12.5. The molecule has 0 aliphatic carbocycles. The van der Waals surface area contributed by atoms with Gasteiger partial charge in [-0.1, -0.05) is 24.3 Å². The van der Waals surface area contributed by atoms with E-state index in [-0.39, 0.29) is 27.4 Å². The number of hydrogen-bond acceptors (Lipinski definition) is 7. The highest BCUT2D eigenvalue weighted by Crippen LogP contribution is 2.23. The van der Waals surface area contributed by atoms with Crippen molar-refractivity contribution in [3.8, 4) is 0 Å². The molecule has 0 amide bonds. The SMILES string of the molecule is CS/C(=C\C(=O)c1cccc([N+](=O)[O-])c1)C(=O)c1cccc([N+](=O)[O-])c1. The van der Waals surface area contributed by atoms with Crippen molar-refractivity contribution in [3.63, 3.8) is 0 Å². The summed E-state index contributed by atoms with van der Waals surface area (Å²) in [6, 6.07) is 10.3. The molecule has 0 radical (unpaired) electrons. The molecular weight excluding hydrogens is 360 g/mol. The van der Waals surface area contributed by atoms with Crippen molar-refractivity contribution >= 4 is 34.7 Å². The number of thioether (sulfide) groups is 1. The monoisotopic (exact) mass is 372 g/mol. The molecule has 0 aromatic heterocycles. The van der Waals surface area contributed by atoms with E-state index in [1.165, 1.54) is 36.4 Å². The maximum Gasteiger partial charge on any atom is 0.270 e. The third kappa shape index (κ3) is 4.39. The predicted molar refractivity (Wildman–Crippen MR) is 96.5 cm³/mol.